The minimum absolute atomic E-state index is 0.0997. The smallest absolute Gasteiger partial charge is 0.226 e. The molecule has 0 unspecified atom stereocenters. The molecule has 0 heterocycles. The van der Waals surface area contributed by atoms with Crippen molar-refractivity contribution in [2.45, 2.75) is 40.2 Å². The third-order valence-corrected chi connectivity index (χ3v) is 4.03. The van der Waals surface area contributed by atoms with Crippen molar-refractivity contribution in [3.8, 4) is 0 Å². The first-order valence-electron chi connectivity index (χ1n) is 8.16. The summed E-state index contributed by atoms with van der Waals surface area (Å²) in [5, 5.41) is 2.78. The van der Waals surface area contributed by atoms with E-state index in [2.05, 4.69) is 19.2 Å². The molecule has 5 heteroatoms. The Morgan fingerprint density at radius 1 is 1.35 bits per heavy atom. The minimum Gasteiger partial charge on any atom is -0.338 e. The molecule has 3 N–H and O–H groups in total. The fraction of sp³-hybridized carbons (Fsp3) is 0.556. The number of benzene rings is 1. The molecular formula is C18H27N3O2. The van der Waals surface area contributed by atoms with E-state index in [1.807, 2.05) is 29.2 Å². The van der Waals surface area contributed by atoms with Crippen molar-refractivity contribution in [1.29, 1.82) is 0 Å². The van der Waals surface area contributed by atoms with Crippen molar-refractivity contribution in [3.63, 3.8) is 0 Å². The standard InChI is InChI=1S/C18H27N3O2/c1-13(22)20-16-6-4-5-14(9-16)10-21(12-18(2,3)11-19)17(23)15-7-8-15/h4-6,9,15H,7-8,10-12,19H2,1-3H3,(H,20,22). The van der Waals surface area contributed by atoms with Crippen molar-refractivity contribution in [3.05, 3.63) is 29.8 Å². The molecule has 0 radical (unpaired) electrons. The lowest BCUT2D eigenvalue weighted by molar-refractivity contribution is -0.134. The lowest BCUT2D eigenvalue weighted by Crippen LogP contribution is -2.42. The van der Waals surface area contributed by atoms with E-state index in [9.17, 15) is 9.59 Å². The van der Waals surface area contributed by atoms with Gasteiger partial charge in [-0.25, -0.2) is 0 Å². The van der Waals surface area contributed by atoms with Gasteiger partial charge >= 0.3 is 0 Å². The molecule has 1 aromatic carbocycles. The summed E-state index contributed by atoms with van der Waals surface area (Å²) in [7, 11) is 0. The maximum absolute atomic E-state index is 12.6. The van der Waals surface area contributed by atoms with Gasteiger partial charge in [0.05, 0.1) is 0 Å². The predicted molar refractivity (Wildman–Crippen MR) is 91.7 cm³/mol. The summed E-state index contributed by atoms with van der Waals surface area (Å²) in [4.78, 5) is 25.7. The number of nitrogens with one attached hydrogen (secondary N) is 1. The molecule has 1 aliphatic rings. The molecule has 5 nitrogen and oxygen atoms in total. The van der Waals surface area contributed by atoms with Gasteiger partial charge in [0.1, 0.15) is 0 Å². The third kappa shape index (κ3) is 5.36. The molecule has 2 rings (SSSR count). The van der Waals surface area contributed by atoms with Gasteiger partial charge < -0.3 is 16.0 Å². The molecule has 126 valence electrons. The van der Waals surface area contributed by atoms with Crippen LogP contribution in [0.2, 0.25) is 0 Å². The van der Waals surface area contributed by atoms with Gasteiger partial charge in [0, 0.05) is 31.6 Å². The van der Waals surface area contributed by atoms with Crippen LogP contribution < -0.4 is 11.1 Å². The van der Waals surface area contributed by atoms with Gasteiger partial charge in [-0.3, -0.25) is 9.59 Å². The maximum atomic E-state index is 12.6. The average Bonchev–Trinajstić information content (AvgIpc) is 3.30. The lowest BCUT2D eigenvalue weighted by atomic mass is 9.92. The van der Waals surface area contributed by atoms with Gasteiger partial charge in [-0.05, 0) is 42.5 Å². The highest BCUT2D eigenvalue weighted by atomic mass is 16.2. The highest BCUT2D eigenvalue weighted by Gasteiger charge is 2.35. The SMILES string of the molecule is CC(=O)Nc1cccc(CN(CC(C)(C)CN)C(=O)C2CC2)c1. The summed E-state index contributed by atoms with van der Waals surface area (Å²) in [6.07, 6.45) is 1.98. The van der Waals surface area contributed by atoms with Crippen LogP contribution in [-0.4, -0.2) is 29.8 Å². The monoisotopic (exact) mass is 317 g/mol. The summed E-state index contributed by atoms with van der Waals surface area (Å²) in [6, 6.07) is 7.65. The zero-order valence-corrected chi connectivity index (χ0v) is 14.3. The van der Waals surface area contributed by atoms with Gasteiger partial charge in [-0.15, -0.1) is 0 Å². The van der Waals surface area contributed by atoms with Crippen LogP contribution in [-0.2, 0) is 16.1 Å². The van der Waals surface area contributed by atoms with Crippen molar-refractivity contribution in [2.75, 3.05) is 18.4 Å². The largest absolute Gasteiger partial charge is 0.338 e. The number of carbonyl (C=O) groups excluding carboxylic acids is 2. The zero-order valence-electron chi connectivity index (χ0n) is 14.3. The summed E-state index contributed by atoms with van der Waals surface area (Å²) in [6.45, 7) is 7.37. The Morgan fingerprint density at radius 3 is 2.61 bits per heavy atom. The molecule has 23 heavy (non-hydrogen) atoms. The van der Waals surface area contributed by atoms with Gasteiger partial charge in [0.25, 0.3) is 0 Å². The molecular weight excluding hydrogens is 290 g/mol. The molecule has 0 saturated heterocycles. The van der Waals surface area contributed by atoms with Crippen LogP contribution in [0.15, 0.2) is 24.3 Å². The molecule has 1 fully saturated rings. The van der Waals surface area contributed by atoms with E-state index in [0.29, 0.717) is 19.6 Å². The molecule has 1 aromatic rings. The van der Waals surface area contributed by atoms with Crippen LogP contribution in [0.4, 0.5) is 5.69 Å². The first-order valence-corrected chi connectivity index (χ1v) is 8.16. The Hall–Kier alpha value is -1.88. The molecule has 1 saturated carbocycles. The van der Waals surface area contributed by atoms with E-state index >= 15 is 0 Å². The van der Waals surface area contributed by atoms with E-state index in [-0.39, 0.29) is 23.1 Å². The van der Waals surface area contributed by atoms with Gasteiger partial charge in [-0.2, -0.15) is 0 Å². The number of hydrogen-bond donors (Lipinski definition) is 2. The molecule has 2 amide bonds. The van der Waals surface area contributed by atoms with Gasteiger partial charge in [0.2, 0.25) is 11.8 Å². The van der Waals surface area contributed by atoms with Crippen molar-refractivity contribution >= 4 is 17.5 Å². The molecule has 0 spiro atoms. The van der Waals surface area contributed by atoms with Crippen LogP contribution in [0.5, 0.6) is 0 Å². The van der Waals surface area contributed by atoms with E-state index < -0.39 is 0 Å². The highest BCUT2D eigenvalue weighted by molar-refractivity contribution is 5.88. The summed E-state index contributed by atoms with van der Waals surface area (Å²) in [5.41, 5.74) is 7.49. The van der Waals surface area contributed by atoms with E-state index in [0.717, 1.165) is 24.1 Å². The number of anilines is 1. The van der Waals surface area contributed by atoms with Crippen molar-refractivity contribution in [2.24, 2.45) is 17.1 Å². The van der Waals surface area contributed by atoms with Crippen molar-refractivity contribution in [1.82, 2.24) is 4.90 Å². The summed E-state index contributed by atoms with van der Waals surface area (Å²) in [5.74, 6) is 0.302. The quantitative estimate of drug-likeness (QED) is 0.810. The third-order valence-electron chi connectivity index (χ3n) is 4.03. The molecule has 1 aliphatic carbocycles. The lowest BCUT2D eigenvalue weighted by Gasteiger charge is -2.32. The van der Waals surface area contributed by atoms with Crippen LogP contribution in [0.25, 0.3) is 0 Å². The van der Waals surface area contributed by atoms with Gasteiger partial charge in [0.15, 0.2) is 0 Å². The predicted octanol–water partition coefficient (Wildman–Crippen LogP) is 2.37. The molecule has 0 aliphatic heterocycles. The first-order chi connectivity index (χ1) is 10.8. The molecule has 0 aromatic heterocycles. The number of hydrogen-bond acceptors (Lipinski definition) is 3. The molecule has 0 bridgehead atoms. The van der Waals surface area contributed by atoms with Crippen LogP contribution in [0.1, 0.15) is 39.2 Å². The second kappa shape index (κ2) is 7.13. The second-order valence-electron chi connectivity index (χ2n) is 7.22. The van der Waals surface area contributed by atoms with Crippen LogP contribution in [0, 0.1) is 11.3 Å². The van der Waals surface area contributed by atoms with Crippen LogP contribution in [0.3, 0.4) is 0 Å². The normalized spacial score (nSPS) is 14.4. The Morgan fingerprint density at radius 2 is 2.04 bits per heavy atom. The second-order valence-corrected chi connectivity index (χ2v) is 7.22. The van der Waals surface area contributed by atoms with Crippen molar-refractivity contribution < 1.29 is 9.59 Å². The number of carbonyl (C=O) groups is 2. The maximum Gasteiger partial charge on any atom is 0.226 e. The Labute approximate surface area is 138 Å². The minimum atomic E-state index is -0.111. The average molecular weight is 317 g/mol. The van der Waals surface area contributed by atoms with Gasteiger partial charge in [-0.1, -0.05) is 26.0 Å². The Kier molecular flexibility index (Phi) is 5.42. The highest BCUT2D eigenvalue weighted by Crippen LogP contribution is 2.32. The Bertz CT molecular complexity index is 579. The Balaban J connectivity index is 2.13. The first kappa shape index (κ1) is 17.5. The summed E-state index contributed by atoms with van der Waals surface area (Å²) < 4.78 is 0. The topological polar surface area (TPSA) is 75.4 Å². The van der Waals surface area contributed by atoms with E-state index in [4.69, 9.17) is 5.73 Å². The number of nitrogens with two attached hydrogens (primary N) is 1. The van der Waals surface area contributed by atoms with Crippen LogP contribution >= 0.6 is 0 Å². The fourth-order valence-electron chi connectivity index (χ4n) is 2.55. The molecule has 0 atom stereocenters. The fourth-order valence-corrected chi connectivity index (χ4v) is 2.55. The number of amides is 2. The van der Waals surface area contributed by atoms with E-state index in [1.165, 1.54) is 6.92 Å². The number of rotatable bonds is 7. The van der Waals surface area contributed by atoms with E-state index in [1.54, 1.807) is 0 Å². The number of nitrogens with zero attached hydrogens (tertiary/aromatic N) is 1. The summed E-state index contributed by atoms with van der Waals surface area (Å²) >= 11 is 0. The zero-order chi connectivity index (χ0) is 17.0.